The molecule has 0 bridgehead atoms. The smallest absolute Gasteiger partial charge is 0.260 e. The van der Waals surface area contributed by atoms with Gasteiger partial charge >= 0.3 is 0 Å². The zero-order valence-electron chi connectivity index (χ0n) is 11.0. The molecule has 0 amide bonds. The van der Waals surface area contributed by atoms with E-state index >= 15 is 0 Å². The van der Waals surface area contributed by atoms with Crippen LogP contribution in [0.1, 0.15) is 27.4 Å². The predicted molar refractivity (Wildman–Crippen MR) is 73.4 cm³/mol. The van der Waals surface area contributed by atoms with Crippen LogP contribution in [-0.4, -0.2) is 23.5 Å². The lowest BCUT2D eigenvalue weighted by Crippen LogP contribution is -2.29. The summed E-state index contributed by atoms with van der Waals surface area (Å²) in [6.45, 7) is 2.50. The van der Waals surface area contributed by atoms with Crippen molar-refractivity contribution in [2.45, 2.75) is 19.5 Å². The molecule has 0 saturated carbocycles. The summed E-state index contributed by atoms with van der Waals surface area (Å²) >= 11 is 0. The maximum absolute atomic E-state index is 11.2. The van der Waals surface area contributed by atoms with Gasteiger partial charge in [-0.3, -0.25) is 14.5 Å². The van der Waals surface area contributed by atoms with Gasteiger partial charge in [0.1, 0.15) is 5.76 Å². The van der Waals surface area contributed by atoms with Crippen molar-refractivity contribution in [2.24, 2.45) is 0 Å². The number of aldehydes is 1. The van der Waals surface area contributed by atoms with Crippen molar-refractivity contribution in [3.05, 3.63) is 59.0 Å². The van der Waals surface area contributed by atoms with Gasteiger partial charge in [-0.2, -0.15) is 0 Å². The summed E-state index contributed by atoms with van der Waals surface area (Å²) in [5, 5.41) is 0. The number of carbonyl (C=O) groups excluding carboxylic acids is 2. The quantitative estimate of drug-likeness (QED) is 0.485. The molecule has 0 saturated heterocycles. The SMILES string of the molecule is O=CC(=O)c1ccc(CN2CCc3ccccc3C2)o1. The third-order valence-electron chi connectivity index (χ3n) is 3.60. The molecule has 1 aliphatic rings. The van der Waals surface area contributed by atoms with E-state index in [0.717, 1.165) is 25.3 Å². The fourth-order valence-corrected chi connectivity index (χ4v) is 2.56. The second-order valence-corrected chi connectivity index (χ2v) is 4.98. The molecule has 0 atom stereocenters. The van der Waals surface area contributed by atoms with E-state index in [1.165, 1.54) is 11.1 Å². The first-order chi connectivity index (χ1) is 9.76. The van der Waals surface area contributed by atoms with Crippen LogP contribution in [0.4, 0.5) is 0 Å². The van der Waals surface area contributed by atoms with Gasteiger partial charge in [-0.1, -0.05) is 24.3 Å². The summed E-state index contributed by atoms with van der Waals surface area (Å²) in [5.41, 5.74) is 2.74. The molecule has 0 N–H and O–H groups in total. The van der Waals surface area contributed by atoms with E-state index in [1.54, 1.807) is 12.1 Å². The van der Waals surface area contributed by atoms with Crippen LogP contribution in [0, 0.1) is 0 Å². The topological polar surface area (TPSA) is 50.5 Å². The van der Waals surface area contributed by atoms with Gasteiger partial charge < -0.3 is 4.42 Å². The minimum absolute atomic E-state index is 0.118. The monoisotopic (exact) mass is 269 g/mol. The number of furan rings is 1. The van der Waals surface area contributed by atoms with Gasteiger partial charge in [0, 0.05) is 13.1 Å². The molecule has 1 aliphatic heterocycles. The second-order valence-electron chi connectivity index (χ2n) is 4.98. The molecule has 3 rings (SSSR count). The first-order valence-corrected chi connectivity index (χ1v) is 6.63. The first-order valence-electron chi connectivity index (χ1n) is 6.63. The minimum Gasteiger partial charge on any atom is -0.456 e. The Balaban J connectivity index is 1.69. The fraction of sp³-hybridized carbons (Fsp3) is 0.250. The van der Waals surface area contributed by atoms with E-state index in [9.17, 15) is 9.59 Å². The van der Waals surface area contributed by atoms with Crippen LogP contribution in [0.25, 0.3) is 0 Å². The Bertz CT molecular complexity index is 645. The summed E-state index contributed by atoms with van der Waals surface area (Å²) in [6, 6.07) is 11.8. The van der Waals surface area contributed by atoms with Crippen molar-refractivity contribution in [3.8, 4) is 0 Å². The molecule has 4 heteroatoms. The highest BCUT2D eigenvalue weighted by Gasteiger charge is 2.18. The number of carbonyl (C=O) groups is 2. The molecule has 0 radical (unpaired) electrons. The van der Waals surface area contributed by atoms with Gasteiger partial charge in [0.25, 0.3) is 5.78 Å². The minimum atomic E-state index is -0.611. The molecule has 0 aliphatic carbocycles. The first kappa shape index (κ1) is 12.8. The Morgan fingerprint density at radius 2 is 2.00 bits per heavy atom. The van der Waals surface area contributed by atoms with Crippen LogP contribution in [0.5, 0.6) is 0 Å². The molecule has 1 aromatic heterocycles. The van der Waals surface area contributed by atoms with E-state index in [2.05, 4.69) is 29.2 Å². The number of fused-ring (bicyclic) bond motifs is 1. The van der Waals surface area contributed by atoms with Crippen molar-refractivity contribution in [3.63, 3.8) is 0 Å². The number of hydrogen-bond acceptors (Lipinski definition) is 4. The third kappa shape index (κ3) is 2.56. The van der Waals surface area contributed by atoms with E-state index in [1.807, 2.05) is 0 Å². The van der Waals surface area contributed by atoms with Crippen molar-refractivity contribution < 1.29 is 14.0 Å². The zero-order valence-corrected chi connectivity index (χ0v) is 11.0. The third-order valence-corrected chi connectivity index (χ3v) is 3.60. The molecule has 2 heterocycles. The normalized spacial score (nSPS) is 14.8. The lowest BCUT2D eigenvalue weighted by atomic mass is 10.00. The molecule has 0 unspecified atom stereocenters. The highest BCUT2D eigenvalue weighted by atomic mass is 16.3. The van der Waals surface area contributed by atoms with E-state index in [-0.39, 0.29) is 12.0 Å². The zero-order chi connectivity index (χ0) is 13.9. The van der Waals surface area contributed by atoms with Crippen LogP contribution in [0.15, 0.2) is 40.8 Å². The number of rotatable bonds is 4. The molecule has 4 nitrogen and oxygen atoms in total. The Morgan fingerprint density at radius 1 is 1.20 bits per heavy atom. The molecular formula is C16H15NO3. The van der Waals surface area contributed by atoms with E-state index in [4.69, 9.17) is 4.42 Å². The number of Topliss-reactive ketones (excluding diaryl/α,β-unsaturated/α-hetero) is 1. The van der Waals surface area contributed by atoms with Gasteiger partial charge in [0.05, 0.1) is 6.54 Å². The average molecular weight is 269 g/mol. The molecule has 1 aromatic carbocycles. The van der Waals surface area contributed by atoms with Crippen molar-refractivity contribution in [1.29, 1.82) is 0 Å². The Hall–Kier alpha value is -2.20. The van der Waals surface area contributed by atoms with Gasteiger partial charge in [0.2, 0.25) is 0 Å². The lowest BCUT2D eigenvalue weighted by molar-refractivity contribution is -0.104. The van der Waals surface area contributed by atoms with Gasteiger partial charge in [0.15, 0.2) is 12.0 Å². The van der Waals surface area contributed by atoms with Crippen LogP contribution >= 0.6 is 0 Å². The van der Waals surface area contributed by atoms with E-state index < -0.39 is 5.78 Å². The molecule has 20 heavy (non-hydrogen) atoms. The maximum atomic E-state index is 11.2. The standard InChI is InChI=1S/C16H15NO3/c18-11-15(19)16-6-5-14(20-16)10-17-8-7-12-3-1-2-4-13(12)9-17/h1-6,11H,7-10H2. The Kier molecular flexibility index (Phi) is 3.48. The summed E-state index contributed by atoms with van der Waals surface area (Å²) in [4.78, 5) is 23.9. The number of ketones is 1. The molecular weight excluding hydrogens is 254 g/mol. The van der Waals surface area contributed by atoms with Crippen LogP contribution < -0.4 is 0 Å². The van der Waals surface area contributed by atoms with Gasteiger partial charge in [-0.15, -0.1) is 0 Å². The van der Waals surface area contributed by atoms with Crippen molar-refractivity contribution in [2.75, 3.05) is 6.54 Å². The molecule has 102 valence electrons. The summed E-state index contributed by atoms with van der Waals surface area (Å²) in [6.07, 6.45) is 1.30. The van der Waals surface area contributed by atoms with Crippen LogP contribution in [-0.2, 0) is 24.3 Å². The second kappa shape index (κ2) is 5.43. The Labute approximate surface area is 117 Å². The number of benzene rings is 1. The van der Waals surface area contributed by atoms with Crippen LogP contribution in [0.2, 0.25) is 0 Å². The Morgan fingerprint density at radius 3 is 2.80 bits per heavy atom. The fourth-order valence-electron chi connectivity index (χ4n) is 2.56. The summed E-state index contributed by atoms with van der Waals surface area (Å²) in [7, 11) is 0. The molecule has 0 spiro atoms. The largest absolute Gasteiger partial charge is 0.456 e. The predicted octanol–water partition coefficient (Wildman–Crippen LogP) is 2.22. The average Bonchev–Trinajstić information content (AvgIpc) is 2.95. The number of hydrogen-bond donors (Lipinski definition) is 0. The highest BCUT2D eigenvalue weighted by molar-refractivity contribution is 6.32. The van der Waals surface area contributed by atoms with Crippen LogP contribution in [0.3, 0.4) is 0 Å². The molecule has 0 fully saturated rings. The highest BCUT2D eigenvalue weighted by Crippen LogP contribution is 2.20. The van der Waals surface area contributed by atoms with Crippen molar-refractivity contribution in [1.82, 2.24) is 4.90 Å². The number of nitrogens with zero attached hydrogens (tertiary/aromatic N) is 1. The van der Waals surface area contributed by atoms with Crippen molar-refractivity contribution >= 4 is 12.1 Å². The summed E-state index contributed by atoms with van der Waals surface area (Å²) in [5.74, 6) is 0.224. The van der Waals surface area contributed by atoms with Gasteiger partial charge in [-0.25, -0.2) is 0 Å². The molecule has 2 aromatic rings. The van der Waals surface area contributed by atoms with E-state index in [0.29, 0.717) is 6.54 Å². The van der Waals surface area contributed by atoms with Gasteiger partial charge in [-0.05, 0) is 29.7 Å². The lowest BCUT2D eigenvalue weighted by Gasteiger charge is -2.27. The maximum Gasteiger partial charge on any atom is 0.260 e. The summed E-state index contributed by atoms with van der Waals surface area (Å²) < 4.78 is 5.40.